The number of hydrogen-bond donors (Lipinski definition) is 2. The average Bonchev–Trinajstić information content (AvgIpc) is 3.13. The summed E-state index contributed by atoms with van der Waals surface area (Å²) in [5.41, 5.74) is 0.0187. The van der Waals surface area contributed by atoms with Gasteiger partial charge in [-0.2, -0.15) is 0 Å². The molecule has 0 radical (unpaired) electrons. The number of thiophene rings is 1. The number of likely N-dealkylation sites (N-methyl/N-ethyl adjacent to an activating group) is 1. The summed E-state index contributed by atoms with van der Waals surface area (Å²) in [4.78, 5) is 29.5. The number of amides is 2. The van der Waals surface area contributed by atoms with E-state index in [2.05, 4.69) is 18.3 Å². The highest BCUT2D eigenvalue weighted by atomic mass is 32.1. The highest BCUT2D eigenvalue weighted by molar-refractivity contribution is 7.09. The van der Waals surface area contributed by atoms with Gasteiger partial charge < -0.3 is 15.1 Å². The Hall–Kier alpha value is -2.25. The molecule has 152 valence electrons. The molecule has 1 aromatic heterocycles. The van der Waals surface area contributed by atoms with E-state index in [-0.39, 0.29) is 24.2 Å². The van der Waals surface area contributed by atoms with Gasteiger partial charge in [-0.3, -0.25) is 9.59 Å². The van der Waals surface area contributed by atoms with Crippen LogP contribution in [0.15, 0.2) is 41.8 Å². The van der Waals surface area contributed by atoms with Crippen LogP contribution in [-0.2, 0) is 16.1 Å². The summed E-state index contributed by atoms with van der Waals surface area (Å²) < 4.78 is 13.0. The van der Waals surface area contributed by atoms with E-state index in [0.717, 1.165) is 18.0 Å². The number of hydrogen-bond acceptors (Lipinski definition) is 3. The fourth-order valence-electron chi connectivity index (χ4n) is 2.86. The molecule has 0 saturated carbocycles. The summed E-state index contributed by atoms with van der Waals surface area (Å²) in [5.74, 6) is -0.723. The minimum absolute atomic E-state index is 0.0459. The van der Waals surface area contributed by atoms with Gasteiger partial charge >= 0.3 is 0 Å². The van der Waals surface area contributed by atoms with Crippen molar-refractivity contribution in [2.24, 2.45) is 0 Å². The maximum Gasteiger partial charge on any atom is 0.278 e. The van der Waals surface area contributed by atoms with Crippen LogP contribution in [0, 0.1) is 5.82 Å². The van der Waals surface area contributed by atoms with E-state index in [1.165, 1.54) is 29.1 Å². The van der Waals surface area contributed by atoms with Gasteiger partial charge in [0.2, 0.25) is 5.91 Å². The van der Waals surface area contributed by atoms with E-state index in [1.807, 2.05) is 32.2 Å². The monoisotopic (exact) mass is 406 g/mol. The lowest BCUT2D eigenvalue weighted by atomic mass is 10.1. The third-order valence-corrected chi connectivity index (χ3v) is 5.32. The van der Waals surface area contributed by atoms with Crippen LogP contribution in [-0.4, -0.2) is 41.9 Å². The van der Waals surface area contributed by atoms with Crippen molar-refractivity contribution in [3.63, 3.8) is 0 Å². The summed E-state index contributed by atoms with van der Waals surface area (Å²) in [6.07, 6.45) is 0. The maximum atomic E-state index is 13.0. The number of quaternary nitrogens is 1. The molecule has 7 heteroatoms. The fourth-order valence-corrected chi connectivity index (χ4v) is 3.63. The molecule has 2 rings (SSSR count). The Morgan fingerprint density at radius 3 is 2.39 bits per heavy atom. The van der Waals surface area contributed by atoms with E-state index < -0.39 is 5.54 Å². The van der Waals surface area contributed by atoms with Gasteiger partial charge in [0.15, 0.2) is 6.54 Å². The van der Waals surface area contributed by atoms with Gasteiger partial charge in [0, 0.05) is 11.2 Å². The largest absolute Gasteiger partial charge is 0.325 e. The van der Waals surface area contributed by atoms with Crippen LogP contribution in [0.25, 0.3) is 0 Å². The Labute approximate surface area is 170 Å². The van der Waals surface area contributed by atoms with Gasteiger partial charge in [0.25, 0.3) is 5.91 Å². The first-order valence-electron chi connectivity index (χ1n) is 9.41. The lowest BCUT2D eigenvalue weighted by Gasteiger charge is -2.35. The fraction of sp³-hybridized carbons (Fsp3) is 0.429. The van der Waals surface area contributed by atoms with Crippen LogP contribution in [0.3, 0.4) is 0 Å². The molecular formula is C21H29FN3O2S+. The van der Waals surface area contributed by atoms with Gasteiger partial charge in [0.1, 0.15) is 18.9 Å². The smallest absolute Gasteiger partial charge is 0.278 e. The van der Waals surface area contributed by atoms with E-state index in [4.69, 9.17) is 0 Å². The Morgan fingerprint density at radius 2 is 1.86 bits per heavy atom. The number of carbonyl (C=O) groups is 2. The Bertz CT molecular complexity index is 770. The second-order valence-electron chi connectivity index (χ2n) is 7.74. The van der Waals surface area contributed by atoms with Crippen molar-refractivity contribution in [2.45, 2.75) is 39.8 Å². The second-order valence-corrected chi connectivity index (χ2v) is 8.77. The van der Waals surface area contributed by atoms with Crippen LogP contribution < -0.4 is 10.2 Å². The summed E-state index contributed by atoms with van der Waals surface area (Å²) >= 11 is 1.68. The molecule has 1 heterocycles. The number of halogens is 1. The van der Waals surface area contributed by atoms with Crippen molar-refractivity contribution in [3.05, 3.63) is 52.5 Å². The Kier molecular flexibility index (Phi) is 7.71. The standard InChI is InChI=1S/C21H28FN3O2S/c1-5-24(13-18-7-6-12-28-18)15-20(27)25(21(2,3)4)14-19(26)23-17-10-8-16(22)9-11-17/h6-12H,5,13-15H2,1-4H3,(H,23,26)/p+1. The van der Waals surface area contributed by atoms with Crippen molar-refractivity contribution in [3.8, 4) is 0 Å². The number of nitrogens with zero attached hydrogens (tertiary/aromatic N) is 1. The normalized spacial score (nSPS) is 12.5. The summed E-state index contributed by atoms with van der Waals surface area (Å²) in [6, 6.07) is 9.66. The molecule has 2 N–H and O–H groups in total. The van der Waals surface area contributed by atoms with Crippen molar-refractivity contribution >= 4 is 28.8 Å². The molecule has 0 bridgehead atoms. The molecule has 5 nitrogen and oxygen atoms in total. The number of nitrogens with one attached hydrogen (secondary N) is 2. The van der Waals surface area contributed by atoms with Crippen molar-refractivity contribution in [2.75, 3.05) is 25.0 Å². The molecule has 0 aliphatic heterocycles. The van der Waals surface area contributed by atoms with Crippen molar-refractivity contribution < 1.29 is 18.9 Å². The van der Waals surface area contributed by atoms with Crippen LogP contribution in [0.5, 0.6) is 0 Å². The zero-order valence-corrected chi connectivity index (χ0v) is 17.7. The average molecular weight is 407 g/mol. The predicted octanol–water partition coefficient (Wildman–Crippen LogP) is 2.56. The Morgan fingerprint density at radius 1 is 1.18 bits per heavy atom. The van der Waals surface area contributed by atoms with Crippen LogP contribution in [0.2, 0.25) is 0 Å². The molecule has 2 amide bonds. The molecule has 0 fully saturated rings. The van der Waals surface area contributed by atoms with Crippen LogP contribution in [0.1, 0.15) is 32.6 Å². The van der Waals surface area contributed by atoms with Crippen LogP contribution in [0.4, 0.5) is 10.1 Å². The zero-order chi connectivity index (χ0) is 20.7. The van der Waals surface area contributed by atoms with E-state index in [0.29, 0.717) is 12.2 Å². The van der Waals surface area contributed by atoms with Gasteiger partial charge in [-0.15, -0.1) is 11.3 Å². The van der Waals surface area contributed by atoms with E-state index in [1.54, 1.807) is 16.2 Å². The molecule has 28 heavy (non-hydrogen) atoms. The highest BCUT2D eigenvalue weighted by Crippen LogP contribution is 2.14. The number of carbonyl (C=O) groups excluding carboxylic acids is 2. The number of anilines is 1. The third kappa shape index (κ3) is 6.73. The first-order chi connectivity index (χ1) is 13.2. The molecule has 0 saturated heterocycles. The van der Waals surface area contributed by atoms with E-state index >= 15 is 0 Å². The first-order valence-corrected chi connectivity index (χ1v) is 10.3. The third-order valence-electron chi connectivity index (χ3n) is 4.45. The minimum atomic E-state index is -0.487. The topological polar surface area (TPSA) is 53.9 Å². The molecule has 2 aromatic rings. The summed E-state index contributed by atoms with van der Waals surface area (Å²) in [5, 5.41) is 4.76. The number of benzene rings is 1. The van der Waals surface area contributed by atoms with Gasteiger partial charge in [-0.25, -0.2) is 4.39 Å². The van der Waals surface area contributed by atoms with E-state index in [9.17, 15) is 14.0 Å². The summed E-state index contributed by atoms with van der Waals surface area (Å²) in [6.45, 7) is 9.70. The lowest BCUT2D eigenvalue weighted by molar-refractivity contribution is -0.904. The Balaban J connectivity index is 2.01. The van der Waals surface area contributed by atoms with Crippen LogP contribution >= 0.6 is 11.3 Å². The quantitative estimate of drug-likeness (QED) is 0.708. The molecule has 0 aliphatic carbocycles. The molecule has 1 unspecified atom stereocenters. The van der Waals surface area contributed by atoms with Crippen molar-refractivity contribution in [1.29, 1.82) is 0 Å². The van der Waals surface area contributed by atoms with Gasteiger partial charge in [-0.1, -0.05) is 6.07 Å². The summed E-state index contributed by atoms with van der Waals surface area (Å²) in [7, 11) is 0. The molecule has 1 atom stereocenters. The molecule has 1 aromatic carbocycles. The SMILES string of the molecule is CC[NH+](CC(=O)N(CC(=O)Nc1ccc(F)cc1)C(C)(C)C)Cc1cccs1. The second kappa shape index (κ2) is 9.80. The maximum absolute atomic E-state index is 13.0. The number of rotatable bonds is 8. The molecule has 0 aliphatic rings. The lowest BCUT2D eigenvalue weighted by Crippen LogP contribution is -3.11. The highest BCUT2D eigenvalue weighted by Gasteiger charge is 2.30. The zero-order valence-electron chi connectivity index (χ0n) is 16.9. The molecular weight excluding hydrogens is 377 g/mol. The van der Waals surface area contributed by atoms with Gasteiger partial charge in [-0.05, 0) is 63.4 Å². The minimum Gasteiger partial charge on any atom is -0.325 e. The van der Waals surface area contributed by atoms with Gasteiger partial charge in [0.05, 0.1) is 11.4 Å². The first kappa shape index (κ1) is 22.0. The van der Waals surface area contributed by atoms with Crippen molar-refractivity contribution in [1.82, 2.24) is 4.90 Å². The molecule has 0 spiro atoms. The predicted molar refractivity (Wildman–Crippen MR) is 111 cm³/mol.